The summed E-state index contributed by atoms with van der Waals surface area (Å²) in [7, 11) is 0. The zero-order chi connectivity index (χ0) is 9.35. The number of rotatable bonds is 2. The molecule has 70 valence electrons. The van der Waals surface area contributed by atoms with Crippen LogP contribution in [0.5, 0.6) is 0 Å². The molecule has 0 aromatic rings. The number of alkyl halides is 1. The molecule has 0 radical (unpaired) electrons. The molecule has 3 heteroatoms. The maximum atomic E-state index is 13.0. The van der Waals surface area contributed by atoms with Gasteiger partial charge in [0.05, 0.1) is 0 Å². The Bertz CT molecular complexity index is 189. The Balaban J connectivity index is 2.52. The number of carboxylic acid groups (broad SMARTS) is 1. The largest absolute Gasteiger partial charge is 0.479 e. The third kappa shape index (κ3) is 1.96. The van der Waals surface area contributed by atoms with Gasteiger partial charge in [-0.2, -0.15) is 0 Å². The summed E-state index contributed by atoms with van der Waals surface area (Å²) >= 11 is 0. The Kier molecular flexibility index (Phi) is 2.40. The van der Waals surface area contributed by atoms with E-state index in [2.05, 4.69) is 13.8 Å². The van der Waals surface area contributed by atoms with Gasteiger partial charge in [-0.25, -0.2) is 9.18 Å². The Morgan fingerprint density at radius 2 is 2.25 bits per heavy atom. The highest BCUT2D eigenvalue weighted by Crippen LogP contribution is 2.42. The van der Waals surface area contributed by atoms with Crippen LogP contribution in [0.3, 0.4) is 0 Å². The zero-order valence-corrected chi connectivity index (χ0v) is 7.51. The molecule has 1 saturated carbocycles. The van der Waals surface area contributed by atoms with Crippen molar-refractivity contribution in [2.24, 2.45) is 11.3 Å². The molecule has 1 aliphatic carbocycles. The first-order valence-electron chi connectivity index (χ1n) is 4.29. The van der Waals surface area contributed by atoms with E-state index in [9.17, 15) is 9.18 Å². The second kappa shape index (κ2) is 3.04. The topological polar surface area (TPSA) is 37.3 Å². The summed E-state index contributed by atoms with van der Waals surface area (Å²) in [6.45, 7) is 4.11. The highest BCUT2D eigenvalue weighted by atomic mass is 19.1. The molecular weight excluding hydrogens is 159 g/mol. The van der Waals surface area contributed by atoms with Crippen molar-refractivity contribution in [1.82, 2.24) is 0 Å². The minimum atomic E-state index is -1.66. The normalized spacial score (nSPS) is 30.1. The van der Waals surface area contributed by atoms with E-state index < -0.39 is 12.1 Å². The van der Waals surface area contributed by atoms with Crippen LogP contribution in [0.15, 0.2) is 0 Å². The Labute approximate surface area is 71.8 Å². The number of carbonyl (C=O) groups is 1. The lowest BCUT2D eigenvalue weighted by Crippen LogP contribution is -2.23. The van der Waals surface area contributed by atoms with E-state index in [4.69, 9.17) is 5.11 Å². The minimum Gasteiger partial charge on any atom is -0.479 e. The molecule has 0 aliphatic heterocycles. The van der Waals surface area contributed by atoms with Gasteiger partial charge in [0.25, 0.3) is 0 Å². The van der Waals surface area contributed by atoms with Crippen molar-refractivity contribution in [3.05, 3.63) is 0 Å². The van der Waals surface area contributed by atoms with Gasteiger partial charge in [0, 0.05) is 5.92 Å². The Morgan fingerprint density at radius 1 is 1.67 bits per heavy atom. The van der Waals surface area contributed by atoms with E-state index in [0.29, 0.717) is 12.8 Å². The molecule has 0 aromatic carbocycles. The van der Waals surface area contributed by atoms with Crippen LogP contribution in [-0.2, 0) is 4.79 Å². The number of halogens is 1. The molecule has 0 bridgehead atoms. The smallest absolute Gasteiger partial charge is 0.338 e. The molecule has 0 amide bonds. The summed E-state index contributed by atoms with van der Waals surface area (Å²) in [5, 5.41) is 8.44. The van der Waals surface area contributed by atoms with Crippen molar-refractivity contribution < 1.29 is 14.3 Å². The molecule has 0 aromatic heterocycles. The zero-order valence-electron chi connectivity index (χ0n) is 7.51. The number of hydrogen-bond acceptors (Lipinski definition) is 1. The van der Waals surface area contributed by atoms with Crippen LogP contribution in [0.4, 0.5) is 4.39 Å². The fourth-order valence-electron chi connectivity index (χ4n) is 1.94. The lowest BCUT2D eigenvalue weighted by molar-refractivity contribution is -0.144. The molecule has 2 unspecified atom stereocenters. The molecule has 2 atom stereocenters. The second-order valence-corrected chi connectivity index (χ2v) is 4.41. The van der Waals surface area contributed by atoms with E-state index >= 15 is 0 Å². The fourth-order valence-corrected chi connectivity index (χ4v) is 1.94. The van der Waals surface area contributed by atoms with Crippen LogP contribution in [0.25, 0.3) is 0 Å². The van der Waals surface area contributed by atoms with Crippen LogP contribution in [0.1, 0.15) is 33.1 Å². The number of carboxylic acids is 1. The Morgan fingerprint density at radius 3 is 2.58 bits per heavy atom. The van der Waals surface area contributed by atoms with Gasteiger partial charge >= 0.3 is 5.97 Å². The van der Waals surface area contributed by atoms with Gasteiger partial charge in [0.1, 0.15) is 0 Å². The molecule has 1 aliphatic rings. The standard InChI is InChI=1S/C9H15FO2/c1-9(2)4-3-6(5-9)7(10)8(11)12/h6-7H,3-5H2,1-2H3,(H,11,12). The van der Waals surface area contributed by atoms with Gasteiger partial charge in [-0.15, -0.1) is 0 Å². The van der Waals surface area contributed by atoms with Crippen molar-refractivity contribution in [2.75, 3.05) is 0 Å². The summed E-state index contributed by atoms with van der Waals surface area (Å²) in [4.78, 5) is 10.3. The van der Waals surface area contributed by atoms with Crippen LogP contribution in [0.2, 0.25) is 0 Å². The lowest BCUT2D eigenvalue weighted by atomic mass is 9.89. The van der Waals surface area contributed by atoms with Crippen molar-refractivity contribution in [3.63, 3.8) is 0 Å². The van der Waals surface area contributed by atoms with Crippen molar-refractivity contribution >= 4 is 5.97 Å². The first-order chi connectivity index (χ1) is 5.42. The SMILES string of the molecule is CC1(C)CCC(C(F)C(=O)O)C1. The first kappa shape index (κ1) is 9.49. The maximum Gasteiger partial charge on any atom is 0.338 e. The third-order valence-electron chi connectivity index (χ3n) is 2.66. The number of aliphatic carboxylic acids is 1. The van der Waals surface area contributed by atoms with Gasteiger partial charge in [0.15, 0.2) is 6.17 Å². The lowest BCUT2D eigenvalue weighted by Gasteiger charge is -2.17. The van der Waals surface area contributed by atoms with E-state index in [1.807, 2.05) is 0 Å². The summed E-state index contributed by atoms with van der Waals surface area (Å²) in [5.41, 5.74) is 0.129. The molecule has 0 saturated heterocycles. The third-order valence-corrected chi connectivity index (χ3v) is 2.66. The highest BCUT2D eigenvalue weighted by molar-refractivity contribution is 5.72. The maximum absolute atomic E-state index is 13.0. The van der Waals surface area contributed by atoms with E-state index in [0.717, 1.165) is 6.42 Å². The van der Waals surface area contributed by atoms with Gasteiger partial charge in [0.2, 0.25) is 0 Å². The summed E-state index contributed by atoms with van der Waals surface area (Å²) in [6.07, 6.45) is 0.679. The van der Waals surface area contributed by atoms with E-state index in [1.54, 1.807) is 0 Å². The molecule has 2 nitrogen and oxygen atoms in total. The second-order valence-electron chi connectivity index (χ2n) is 4.41. The summed E-state index contributed by atoms with van der Waals surface area (Å²) < 4.78 is 13.0. The molecule has 1 fully saturated rings. The first-order valence-corrected chi connectivity index (χ1v) is 4.29. The highest BCUT2D eigenvalue weighted by Gasteiger charge is 2.38. The van der Waals surface area contributed by atoms with E-state index in [1.165, 1.54) is 0 Å². The predicted molar refractivity (Wildman–Crippen MR) is 43.7 cm³/mol. The van der Waals surface area contributed by atoms with E-state index in [-0.39, 0.29) is 11.3 Å². The van der Waals surface area contributed by atoms with Crippen LogP contribution in [0, 0.1) is 11.3 Å². The van der Waals surface area contributed by atoms with Crippen LogP contribution in [-0.4, -0.2) is 17.2 Å². The quantitative estimate of drug-likeness (QED) is 0.697. The summed E-state index contributed by atoms with van der Waals surface area (Å²) in [5.74, 6) is -1.57. The average molecular weight is 174 g/mol. The van der Waals surface area contributed by atoms with Gasteiger partial charge in [-0.3, -0.25) is 0 Å². The number of hydrogen-bond donors (Lipinski definition) is 1. The van der Waals surface area contributed by atoms with Crippen LogP contribution >= 0.6 is 0 Å². The molecule has 0 spiro atoms. The van der Waals surface area contributed by atoms with Crippen LogP contribution < -0.4 is 0 Å². The van der Waals surface area contributed by atoms with Crippen molar-refractivity contribution in [3.8, 4) is 0 Å². The predicted octanol–water partition coefficient (Wildman–Crippen LogP) is 2.24. The van der Waals surface area contributed by atoms with Crippen molar-refractivity contribution in [1.29, 1.82) is 0 Å². The molecule has 1 rings (SSSR count). The average Bonchev–Trinajstić information content (AvgIpc) is 2.28. The minimum absolute atomic E-state index is 0.129. The molecule has 1 N–H and O–H groups in total. The van der Waals surface area contributed by atoms with Gasteiger partial charge in [-0.1, -0.05) is 13.8 Å². The monoisotopic (exact) mass is 174 g/mol. The summed E-state index contributed by atoms with van der Waals surface area (Å²) in [6, 6.07) is 0. The Hall–Kier alpha value is -0.600. The van der Waals surface area contributed by atoms with Crippen molar-refractivity contribution in [2.45, 2.75) is 39.3 Å². The molecule has 12 heavy (non-hydrogen) atoms. The molecule has 0 heterocycles. The van der Waals surface area contributed by atoms with Gasteiger partial charge in [-0.05, 0) is 24.7 Å². The molecular formula is C9H15FO2. The fraction of sp³-hybridized carbons (Fsp3) is 0.889. The van der Waals surface area contributed by atoms with Gasteiger partial charge < -0.3 is 5.11 Å².